The number of ketones is 1. The lowest BCUT2D eigenvalue weighted by Gasteiger charge is -2.27. The monoisotopic (exact) mass is 361 g/mol. The molecule has 0 spiro atoms. The summed E-state index contributed by atoms with van der Waals surface area (Å²) < 4.78 is 10.6. The molecule has 142 valence electrons. The van der Waals surface area contributed by atoms with Crippen LogP contribution in [0.1, 0.15) is 44.7 Å². The number of benzene rings is 1. The van der Waals surface area contributed by atoms with Crippen LogP contribution in [0.5, 0.6) is 5.75 Å². The van der Waals surface area contributed by atoms with Crippen molar-refractivity contribution in [3.05, 3.63) is 41.2 Å². The summed E-state index contributed by atoms with van der Waals surface area (Å²) in [5, 5.41) is 10.3. The molecule has 1 aromatic carbocycles. The molecule has 6 nitrogen and oxygen atoms in total. The maximum absolute atomic E-state index is 12.5. The van der Waals surface area contributed by atoms with E-state index >= 15 is 0 Å². The predicted molar refractivity (Wildman–Crippen MR) is 98.1 cm³/mol. The van der Waals surface area contributed by atoms with Crippen molar-refractivity contribution in [2.24, 2.45) is 0 Å². The molecular weight excluding hydrogens is 334 g/mol. The zero-order valence-electron chi connectivity index (χ0n) is 15.7. The van der Waals surface area contributed by atoms with Crippen LogP contribution in [-0.2, 0) is 14.3 Å². The number of rotatable bonds is 10. The highest BCUT2D eigenvalue weighted by Crippen LogP contribution is 2.38. The van der Waals surface area contributed by atoms with E-state index in [1.54, 1.807) is 18.9 Å². The minimum Gasteiger partial charge on any atom is -0.503 e. The summed E-state index contributed by atoms with van der Waals surface area (Å²) in [6, 6.07) is 6.76. The molecule has 0 saturated carbocycles. The van der Waals surface area contributed by atoms with Gasteiger partial charge in [-0.25, -0.2) is 0 Å². The van der Waals surface area contributed by atoms with Gasteiger partial charge in [0.25, 0.3) is 5.91 Å². The highest BCUT2D eigenvalue weighted by molar-refractivity contribution is 6.08. The highest BCUT2D eigenvalue weighted by Gasteiger charge is 2.42. The van der Waals surface area contributed by atoms with Crippen LogP contribution in [0.25, 0.3) is 0 Å². The number of hydrogen-bond acceptors (Lipinski definition) is 5. The third-order valence-electron chi connectivity index (χ3n) is 4.34. The predicted octanol–water partition coefficient (Wildman–Crippen LogP) is 3.19. The molecular formula is C20H27NO5. The second kappa shape index (κ2) is 9.38. The molecule has 6 heteroatoms. The maximum atomic E-state index is 12.5. The SMILES string of the molecule is CCCOc1ccc(C2C(C(=O)CC)=C(O)C(=O)N2CCCOC)cc1. The van der Waals surface area contributed by atoms with Gasteiger partial charge < -0.3 is 19.5 Å². The molecule has 1 unspecified atom stereocenters. The van der Waals surface area contributed by atoms with E-state index in [2.05, 4.69) is 0 Å². The van der Waals surface area contributed by atoms with E-state index < -0.39 is 17.7 Å². The van der Waals surface area contributed by atoms with Crippen molar-refractivity contribution < 1.29 is 24.2 Å². The Bertz CT molecular complexity index is 665. The number of Topliss-reactive ketones (excluding diaryl/α,β-unsaturated/α-hetero) is 1. The largest absolute Gasteiger partial charge is 0.503 e. The van der Waals surface area contributed by atoms with E-state index in [-0.39, 0.29) is 17.8 Å². The number of hydrogen-bond donors (Lipinski definition) is 1. The summed E-state index contributed by atoms with van der Waals surface area (Å²) in [6.45, 7) is 5.28. The number of amides is 1. The molecule has 1 N–H and O–H groups in total. The first-order chi connectivity index (χ1) is 12.5. The second-order valence-corrected chi connectivity index (χ2v) is 6.20. The molecule has 0 saturated heterocycles. The molecule has 0 radical (unpaired) electrons. The van der Waals surface area contributed by atoms with Crippen molar-refractivity contribution in [3.63, 3.8) is 0 Å². The molecule has 1 amide bonds. The average molecular weight is 361 g/mol. The Hall–Kier alpha value is -2.34. The fourth-order valence-corrected chi connectivity index (χ4v) is 3.05. The molecule has 1 aliphatic heterocycles. The molecule has 1 aliphatic rings. The molecule has 0 fully saturated rings. The van der Waals surface area contributed by atoms with Crippen molar-refractivity contribution in [2.45, 2.75) is 39.2 Å². The van der Waals surface area contributed by atoms with Crippen molar-refractivity contribution in [1.29, 1.82) is 0 Å². The smallest absolute Gasteiger partial charge is 0.290 e. The number of aliphatic hydroxyl groups is 1. The van der Waals surface area contributed by atoms with Gasteiger partial charge in [0.1, 0.15) is 5.75 Å². The van der Waals surface area contributed by atoms with Gasteiger partial charge in [-0.05, 0) is 30.5 Å². The summed E-state index contributed by atoms with van der Waals surface area (Å²) in [5.41, 5.74) is 0.956. The third kappa shape index (κ3) is 4.25. The van der Waals surface area contributed by atoms with Crippen LogP contribution in [0.4, 0.5) is 0 Å². The van der Waals surface area contributed by atoms with E-state index in [4.69, 9.17) is 9.47 Å². The minimum absolute atomic E-state index is 0.178. The van der Waals surface area contributed by atoms with Gasteiger partial charge in [-0.15, -0.1) is 0 Å². The Kier molecular flexibility index (Phi) is 7.21. The fourth-order valence-electron chi connectivity index (χ4n) is 3.05. The van der Waals surface area contributed by atoms with Gasteiger partial charge in [0.05, 0.1) is 18.2 Å². The number of nitrogens with zero attached hydrogens (tertiary/aromatic N) is 1. The van der Waals surface area contributed by atoms with E-state index in [1.165, 1.54) is 0 Å². The normalized spacial score (nSPS) is 17.1. The van der Waals surface area contributed by atoms with Crippen LogP contribution in [0.2, 0.25) is 0 Å². The lowest BCUT2D eigenvalue weighted by molar-refractivity contribution is -0.129. The standard InChI is InChI=1S/C20H27NO5/c1-4-12-26-15-9-7-14(8-10-15)18-17(16(22)5-2)19(23)20(24)21(18)11-6-13-25-3/h7-10,18,23H,4-6,11-13H2,1-3H3. The number of methoxy groups -OCH3 is 1. The van der Waals surface area contributed by atoms with Gasteiger partial charge in [-0.3, -0.25) is 9.59 Å². The summed E-state index contributed by atoms with van der Waals surface area (Å²) in [7, 11) is 1.60. The molecule has 2 rings (SSSR count). The van der Waals surface area contributed by atoms with Crippen LogP contribution >= 0.6 is 0 Å². The average Bonchev–Trinajstić information content (AvgIpc) is 2.91. The zero-order chi connectivity index (χ0) is 19.1. The number of carbonyl (C=O) groups excluding carboxylic acids is 2. The molecule has 0 aromatic heterocycles. The maximum Gasteiger partial charge on any atom is 0.290 e. The lowest BCUT2D eigenvalue weighted by atomic mass is 9.95. The second-order valence-electron chi connectivity index (χ2n) is 6.20. The van der Waals surface area contributed by atoms with Gasteiger partial charge in [-0.2, -0.15) is 0 Å². The van der Waals surface area contributed by atoms with E-state index in [0.29, 0.717) is 26.2 Å². The Balaban J connectivity index is 2.33. The third-order valence-corrected chi connectivity index (χ3v) is 4.34. The van der Waals surface area contributed by atoms with Gasteiger partial charge >= 0.3 is 0 Å². The number of ether oxygens (including phenoxy) is 2. The van der Waals surface area contributed by atoms with Crippen LogP contribution in [0.3, 0.4) is 0 Å². The van der Waals surface area contributed by atoms with Crippen molar-refractivity contribution >= 4 is 11.7 Å². The Morgan fingerprint density at radius 3 is 2.46 bits per heavy atom. The molecule has 1 heterocycles. The highest BCUT2D eigenvalue weighted by atomic mass is 16.5. The van der Waals surface area contributed by atoms with Crippen molar-refractivity contribution in [1.82, 2.24) is 4.90 Å². The summed E-state index contributed by atoms with van der Waals surface area (Å²) in [5.74, 6) is -0.427. The number of aliphatic hydroxyl groups excluding tert-OH is 1. The van der Waals surface area contributed by atoms with Gasteiger partial charge in [0.2, 0.25) is 0 Å². The molecule has 26 heavy (non-hydrogen) atoms. The van der Waals surface area contributed by atoms with E-state index in [9.17, 15) is 14.7 Å². The van der Waals surface area contributed by atoms with Crippen molar-refractivity contribution in [2.75, 3.05) is 26.9 Å². The first-order valence-corrected chi connectivity index (χ1v) is 9.04. The summed E-state index contributed by atoms with van der Waals surface area (Å²) >= 11 is 0. The Morgan fingerprint density at radius 1 is 1.19 bits per heavy atom. The fraction of sp³-hybridized carbons (Fsp3) is 0.500. The lowest BCUT2D eigenvalue weighted by Crippen LogP contribution is -2.32. The first-order valence-electron chi connectivity index (χ1n) is 9.04. The quantitative estimate of drug-likeness (QED) is 0.648. The number of carbonyl (C=O) groups is 2. The Labute approximate surface area is 154 Å². The van der Waals surface area contributed by atoms with Gasteiger partial charge in [0, 0.05) is 26.7 Å². The van der Waals surface area contributed by atoms with Crippen molar-refractivity contribution in [3.8, 4) is 5.75 Å². The molecule has 0 bridgehead atoms. The first kappa shape index (κ1) is 20.0. The summed E-state index contributed by atoms with van der Waals surface area (Å²) in [6.07, 6.45) is 1.77. The van der Waals surface area contributed by atoms with Crippen LogP contribution in [0.15, 0.2) is 35.6 Å². The molecule has 0 aliphatic carbocycles. The van der Waals surface area contributed by atoms with E-state index in [0.717, 1.165) is 17.7 Å². The van der Waals surface area contributed by atoms with Gasteiger partial charge in [-0.1, -0.05) is 26.0 Å². The minimum atomic E-state index is -0.577. The zero-order valence-corrected chi connectivity index (χ0v) is 15.7. The Morgan fingerprint density at radius 2 is 1.88 bits per heavy atom. The van der Waals surface area contributed by atoms with E-state index in [1.807, 2.05) is 31.2 Å². The topological polar surface area (TPSA) is 76.1 Å². The van der Waals surface area contributed by atoms with Crippen LogP contribution in [-0.4, -0.2) is 48.6 Å². The molecule has 1 aromatic rings. The van der Waals surface area contributed by atoms with Crippen LogP contribution in [0, 0.1) is 0 Å². The molecule has 1 atom stereocenters. The van der Waals surface area contributed by atoms with Crippen LogP contribution < -0.4 is 4.74 Å². The summed E-state index contributed by atoms with van der Waals surface area (Å²) in [4.78, 5) is 26.5. The van der Waals surface area contributed by atoms with Gasteiger partial charge in [0.15, 0.2) is 11.5 Å².